The molecule has 0 unspecified atom stereocenters. The van der Waals surface area contributed by atoms with Crippen molar-refractivity contribution in [3.8, 4) is 11.1 Å². The van der Waals surface area contributed by atoms with Gasteiger partial charge in [0.05, 0.1) is 0 Å². The molecule has 2 aromatic rings. The molecular weight excluding hydrogens is 393 g/mol. The van der Waals surface area contributed by atoms with Gasteiger partial charge in [0.1, 0.15) is 5.82 Å². The number of benzene rings is 2. The molecule has 31 heavy (non-hydrogen) atoms. The van der Waals surface area contributed by atoms with Gasteiger partial charge in [-0.2, -0.15) is 0 Å². The predicted molar refractivity (Wildman–Crippen MR) is 126 cm³/mol. The molecule has 0 spiro atoms. The fourth-order valence-electron chi connectivity index (χ4n) is 3.20. The standard InChI is InChI=1S/C25H32FN3O2/c1-14(2)27-24(30)18(7)11-19-10-17(6)22(12-16(19)5)21-9-8-20(13-23(21)26)29-25(31)28-15(3)4/h8-15H,1-7H3,(H,27,30)(H2,28,29,31). The topological polar surface area (TPSA) is 70.2 Å². The van der Waals surface area contributed by atoms with Crippen LogP contribution in [0.1, 0.15) is 51.3 Å². The zero-order valence-electron chi connectivity index (χ0n) is 19.3. The van der Waals surface area contributed by atoms with Crippen LogP contribution in [0, 0.1) is 19.7 Å². The van der Waals surface area contributed by atoms with E-state index in [0.29, 0.717) is 16.8 Å². The lowest BCUT2D eigenvalue weighted by atomic mass is 9.93. The Morgan fingerprint density at radius 3 is 2.13 bits per heavy atom. The predicted octanol–water partition coefficient (Wildman–Crippen LogP) is 5.57. The van der Waals surface area contributed by atoms with Gasteiger partial charge in [0, 0.05) is 28.9 Å². The third-order valence-electron chi connectivity index (χ3n) is 4.70. The van der Waals surface area contributed by atoms with Crippen LogP contribution in [0.3, 0.4) is 0 Å². The summed E-state index contributed by atoms with van der Waals surface area (Å²) in [6.07, 6.45) is 1.85. The van der Waals surface area contributed by atoms with E-state index >= 15 is 0 Å². The third-order valence-corrected chi connectivity index (χ3v) is 4.70. The van der Waals surface area contributed by atoms with Gasteiger partial charge in [-0.25, -0.2) is 9.18 Å². The minimum absolute atomic E-state index is 0.0117. The van der Waals surface area contributed by atoms with Crippen LogP contribution in [0.4, 0.5) is 14.9 Å². The van der Waals surface area contributed by atoms with Crippen LogP contribution in [-0.4, -0.2) is 24.0 Å². The summed E-state index contributed by atoms with van der Waals surface area (Å²) in [5, 5.41) is 8.22. The molecule has 3 amide bonds. The van der Waals surface area contributed by atoms with Crippen molar-refractivity contribution in [2.45, 2.75) is 60.5 Å². The van der Waals surface area contributed by atoms with Crippen molar-refractivity contribution in [1.82, 2.24) is 10.6 Å². The molecule has 6 heteroatoms. The number of halogens is 1. The van der Waals surface area contributed by atoms with E-state index in [1.165, 1.54) is 6.07 Å². The molecule has 0 bridgehead atoms. The first-order valence-corrected chi connectivity index (χ1v) is 10.5. The van der Waals surface area contributed by atoms with E-state index in [1.54, 1.807) is 19.1 Å². The van der Waals surface area contributed by atoms with Crippen LogP contribution in [0.15, 0.2) is 35.9 Å². The van der Waals surface area contributed by atoms with Crippen LogP contribution < -0.4 is 16.0 Å². The summed E-state index contributed by atoms with van der Waals surface area (Å²) >= 11 is 0. The van der Waals surface area contributed by atoms with E-state index < -0.39 is 5.82 Å². The summed E-state index contributed by atoms with van der Waals surface area (Å²) in [5.41, 5.74) is 4.99. The first-order chi connectivity index (χ1) is 14.5. The zero-order valence-corrected chi connectivity index (χ0v) is 19.3. The molecule has 0 aliphatic rings. The van der Waals surface area contributed by atoms with Crippen molar-refractivity contribution in [1.29, 1.82) is 0 Å². The highest BCUT2D eigenvalue weighted by Gasteiger charge is 2.13. The molecule has 0 atom stereocenters. The SMILES string of the molecule is CC(=Cc1cc(C)c(-c2ccc(NC(=O)NC(C)C)cc2F)cc1C)C(=O)NC(C)C. The summed E-state index contributed by atoms with van der Waals surface area (Å²) in [6.45, 7) is 13.2. The van der Waals surface area contributed by atoms with Crippen LogP contribution in [0.2, 0.25) is 0 Å². The largest absolute Gasteiger partial charge is 0.350 e. The monoisotopic (exact) mass is 425 g/mol. The molecule has 0 aliphatic heterocycles. The number of aryl methyl sites for hydroxylation is 2. The number of urea groups is 1. The van der Waals surface area contributed by atoms with E-state index in [1.807, 2.05) is 59.8 Å². The molecule has 0 saturated carbocycles. The van der Waals surface area contributed by atoms with Gasteiger partial charge in [-0.15, -0.1) is 0 Å². The molecule has 0 aliphatic carbocycles. The number of carbonyl (C=O) groups is 2. The average Bonchev–Trinajstić information content (AvgIpc) is 2.63. The second-order valence-corrected chi connectivity index (χ2v) is 8.43. The minimum atomic E-state index is -0.416. The Morgan fingerprint density at radius 1 is 0.903 bits per heavy atom. The number of hydrogen-bond acceptors (Lipinski definition) is 2. The highest BCUT2D eigenvalue weighted by molar-refractivity contribution is 5.97. The van der Waals surface area contributed by atoms with E-state index in [2.05, 4.69) is 16.0 Å². The van der Waals surface area contributed by atoms with Gasteiger partial charge in [-0.05, 0) is 95.0 Å². The molecule has 0 saturated heterocycles. The Hall–Kier alpha value is -3.15. The summed E-state index contributed by atoms with van der Waals surface area (Å²) < 4.78 is 14.9. The second kappa shape index (κ2) is 10.2. The molecule has 5 nitrogen and oxygen atoms in total. The van der Waals surface area contributed by atoms with Crippen LogP contribution in [0.25, 0.3) is 17.2 Å². The Morgan fingerprint density at radius 2 is 1.55 bits per heavy atom. The Balaban J connectivity index is 2.31. The van der Waals surface area contributed by atoms with Crippen molar-refractivity contribution in [2.75, 3.05) is 5.32 Å². The molecule has 166 valence electrons. The first-order valence-electron chi connectivity index (χ1n) is 10.5. The maximum atomic E-state index is 14.9. The molecule has 2 rings (SSSR count). The van der Waals surface area contributed by atoms with Gasteiger partial charge in [-0.3, -0.25) is 4.79 Å². The van der Waals surface area contributed by atoms with E-state index in [4.69, 9.17) is 0 Å². The van der Waals surface area contributed by atoms with Gasteiger partial charge in [0.25, 0.3) is 0 Å². The Bertz CT molecular complexity index is 1010. The number of rotatable bonds is 6. The lowest BCUT2D eigenvalue weighted by Gasteiger charge is -2.14. The molecule has 0 aromatic heterocycles. The van der Waals surface area contributed by atoms with E-state index in [0.717, 1.165) is 22.3 Å². The number of amides is 3. The lowest BCUT2D eigenvalue weighted by Crippen LogP contribution is -2.34. The number of hydrogen-bond donors (Lipinski definition) is 3. The van der Waals surface area contributed by atoms with Crippen molar-refractivity contribution >= 4 is 23.7 Å². The summed E-state index contributed by atoms with van der Waals surface area (Å²) in [7, 11) is 0. The quantitative estimate of drug-likeness (QED) is 0.530. The number of carbonyl (C=O) groups excluding carboxylic acids is 2. The van der Waals surface area contributed by atoms with E-state index in [9.17, 15) is 14.0 Å². The van der Waals surface area contributed by atoms with Crippen molar-refractivity contribution < 1.29 is 14.0 Å². The molecule has 2 aromatic carbocycles. The number of anilines is 1. The third kappa shape index (κ3) is 6.67. The Kier molecular flexibility index (Phi) is 7.97. The minimum Gasteiger partial charge on any atom is -0.350 e. The normalized spacial score (nSPS) is 11.6. The summed E-state index contributed by atoms with van der Waals surface area (Å²) in [4.78, 5) is 24.0. The van der Waals surface area contributed by atoms with Crippen molar-refractivity contribution in [3.63, 3.8) is 0 Å². The van der Waals surface area contributed by atoms with Gasteiger partial charge in [0.2, 0.25) is 5.91 Å². The fourth-order valence-corrected chi connectivity index (χ4v) is 3.20. The summed E-state index contributed by atoms with van der Waals surface area (Å²) in [5.74, 6) is -0.521. The van der Waals surface area contributed by atoms with Crippen molar-refractivity contribution in [3.05, 3.63) is 58.4 Å². The molecular formula is C25H32FN3O2. The number of nitrogens with one attached hydrogen (secondary N) is 3. The highest BCUT2D eigenvalue weighted by Crippen LogP contribution is 2.31. The molecule has 0 radical (unpaired) electrons. The molecule has 3 N–H and O–H groups in total. The Labute approximate surface area is 184 Å². The second-order valence-electron chi connectivity index (χ2n) is 8.43. The average molecular weight is 426 g/mol. The first kappa shape index (κ1) is 24.1. The maximum absolute atomic E-state index is 14.9. The summed E-state index contributed by atoms with van der Waals surface area (Å²) in [6, 6.07) is 8.23. The van der Waals surface area contributed by atoms with Crippen LogP contribution in [-0.2, 0) is 4.79 Å². The van der Waals surface area contributed by atoms with Gasteiger partial charge in [-0.1, -0.05) is 12.1 Å². The van der Waals surface area contributed by atoms with E-state index in [-0.39, 0.29) is 24.0 Å². The van der Waals surface area contributed by atoms with Crippen LogP contribution in [0.5, 0.6) is 0 Å². The van der Waals surface area contributed by atoms with Gasteiger partial charge in [0.15, 0.2) is 0 Å². The lowest BCUT2D eigenvalue weighted by molar-refractivity contribution is -0.117. The van der Waals surface area contributed by atoms with Gasteiger partial charge < -0.3 is 16.0 Å². The van der Waals surface area contributed by atoms with Crippen LogP contribution >= 0.6 is 0 Å². The van der Waals surface area contributed by atoms with Gasteiger partial charge >= 0.3 is 6.03 Å². The fraction of sp³-hybridized carbons (Fsp3) is 0.360. The molecule has 0 heterocycles. The zero-order chi connectivity index (χ0) is 23.3. The van der Waals surface area contributed by atoms with Crippen molar-refractivity contribution in [2.24, 2.45) is 0 Å². The smallest absolute Gasteiger partial charge is 0.319 e. The molecule has 0 fully saturated rings. The highest BCUT2D eigenvalue weighted by atomic mass is 19.1. The maximum Gasteiger partial charge on any atom is 0.319 e.